The van der Waals surface area contributed by atoms with Gasteiger partial charge >= 0.3 is 0 Å². The fraction of sp³-hybridized carbons (Fsp3) is 0.917. The number of amides is 1. The molecular weight excluding hydrogens is 222 g/mol. The number of methoxy groups -OCH3 is 1. The zero-order valence-electron chi connectivity index (χ0n) is 10.5. The van der Waals surface area contributed by atoms with E-state index in [4.69, 9.17) is 9.47 Å². The molecule has 0 aromatic heterocycles. The number of aliphatic hydroxyl groups is 1. The van der Waals surface area contributed by atoms with E-state index in [-0.39, 0.29) is 12.5 Å². The smallest absolute Gasteiger partial charge is 0.246 e. The third-order valence-electron chi connectivity index (χ3n) is 3.06. The van der Waals surface area contributed by atoms with Crippen molar-refractivity contribution in [1.29, 1.82) is 0 Å². The van der Waals surface area contributed by atoms with E-state index in [1.807, 2.05) is 0 Å². The molecule has 100 valence electrons. The van der Waals surface area contributed by atoms with Crippen molar-refractivity contribution in [2.24, 2.45) is 0 Å². The van der Waals surface area contributed by atoms with Crippen LogP contribution in [0.5, 0.6) is 0 Å². The monoisotopic (exact) mass is 245 g/mol. The van der Waals surface area contributed by atoms with E-state index in [0.29, 0.717) is 19.8 Å². The molecule has 1 amide bonds. The summed E-state index contributed by atoms with van der Waals surface area (Å²) in [7, 11) is 1.59. The van der Waals surface area contributed by atoms with Gasteiger partial charge in [-0.1, -0.05) is 19.3 Å². The zero-order valence-corrected chi connectivity index (χ0v) is 10.5. The molecule has 1 saturated carbocycles. The van der Waals surface area contributed by atoms with Crippen LogP contribution in [0.25, 0.3) is 0 Å². The molecule has 0 atom stereocenters. The van der Waals surface area contributed by atoms with Gasteiger partial charge in [0, 0.05) is 13.7 Å². The molecule has 0 heterocycles. The maximum absolute atomic E-state index is 11.4. The lowest BCUT2D eigenvalue weighted by atomic mass is 9.85. The van der Waals surface area contributed by atoms with Crippen molar-refractivity contribution in [2.75, 3.05) is 33.5 Å². The Labute approximate surface area is 102 Å². The molecule has 0 aliphatic heterocycles. The Balaban J connectivity index is 2.10. The van der Waals surface area contributed by atoms with Crippen molar-refractivity contribution in [3.8, 4) is 0 Å². The molecule has 0 radical (unpaired) electrons. The molecule has 17 heavy (non-hydrogen) atoms. The van der Waals surface area contributed by atoms with Gasteiger partial charge in [-0.15, -0.1) is 0 Å². The molecular formula is C12H23NO4. The number of carbonyl (C=O) groups excluding carboxylic acids is 1. The first-order valence-electron chi connectivity index (χ1n) is 6.22. The molecule has 1 aliphatic carbocycles. The second-order valence-corrected chi connectivity index (χ2v) is 4.61. The van der Waals surface area contributed by atoms with Crippen LogP contribution in [0.4, 0.5) is 0 Å². The molecule has 0 unspecified atom stereocenters. The average Bonchev–Trinajstić information content (AvgIpc) is 2.33. The summed E-state index contributed by atoms with van der Waals surface area (Å²) in [6, 6.07) is 0. The van der Waals surface area contributed by atoms with E-state index in [1.165, 1.54) is 6.42 Å². The molecule has 0 saturated heterocycles. The van der Waals surface area contributed by atoms with Crippen LogP contribution in [-0.2, 0) is 14.3 Å². The SMILES string of the molecule is COCCOCC(=O)NCC1(O)CCCCC1. The molecule has 0 bridgehead atoms. The first-order valence-corrected chi connectivity index (χ1v) is 6.22. The molecule has 5 nitrogen and oxygen atoms in total. The van der Waals surface area contributed by atoms with Crippen molar-refractivity contribution in [2.45, 2.75) is 37.7 Å². The van der Waals surface area contributed by atoms with Gasteiger partial charge in [0.2, 0.25) is 5.91 Å². The van der Waals surface area contributed by atoms with Crippen LogP contribution < -0.4 is 5.32 Å². The highest BCUT2D eigenvalue weighted by atomic mass is 16.5. The maximum Gasteiger partial charge on any atom is 0.246 e. The van der Waals surface area contributed by atoms with Crippen molar-refractivity contribution < 1.29 is 19.4 Å². The van der Waals surface area contributed by atoms with Gasteiger partial charge in [0.15, 0.2) is 0 Å². The summed E-state index contributed by atoms with van der Waals surface area (Å²) in [4.78, 5) is 11.4. The Kier molecular flexibility index (Phi) is 6.47. The lowest BCUT2D eigenvalue weighted by molar-refractivity contribution is -0.127. The first kappa shape index (κ1) is 14.4. The van der Waals surface area contributed by atoms with Crippen molar-refractivity contribution in [3.05, 3.63) is 0 Å². The molecule has 0 aromatic carbocycles. The average molecular weight is 245 g/mol. The summed E-state index contributed by atoms with van der Waals surface area (Å²) < 4.78 is 9.89. The van der Waals surface area contributed by atoms with Crippen LogP contribution in [0.3, 0.4) is 0 Å². The van der Waals surface area contributed by atoms with Gasteiger partial charge in [-0.05, 0) is 12.8 Å². The summed E-state index contributed by atoms with van der Waals surface area (Å²) in [5.41, 5.74) is -0.708. The van der Waals surface area contributed by atoms with Crippen LogP contribution in [0.1, 0.15) is 32.1 Å². The summed E-state index contributed by atoms with van der Waals surface area (Å²) in [5, 5.41) is 12.9. The molecule has 1 aliphatic rings. The summed E-state index contributed by atoms with van der Waals surface area (Å²) in [5.74, 6) is -0.180. The van der Waals surface area contributed by atoms with E-state index in [0.717, 1.165) is 25.7 Å². The predicted molar refractivity (Wildman–Crippen MR) is 63.7 cm³/mol. The number of hydrogen-bond donors (Lipinski definition) is 2. The first-order chi connectivity index (χ1) is 8.16. The van der Waals surface area contributed by atoms with Crippen LogP contribution in [0, 0.1) is 0 Å². The highest BCUT2D eigenvalue weighted by Crippen LogP contribution is 2.27. The van der Waals surface area contributed by atoms with Gasteiger partial charge in [0.1, 0.15) is 6.61 Å². The molecule has 0 aromatic rings. The topological polar surface area (TPSA) is 67.8 Å². The lowest BCUT2D eigenvalue weighted by Gasteiger charge is -2.32. The predicted octanol–water partition coefficient (Wildman–Crippen LogP) is 0.461. The van der Waals surface area contributed by atoms with Crippen LogP contribution >= 0.6 is 0 Å². The Bertz CT molecular complexity index is 227. The third-order valence-corrected chi connectivity index (χ3v) is 3.06. The van der Waals surface area contributed by atoms with E-state index in [2.05, 4.69) is 5.32 Å². The van der Waals surface area contributed by atoms with Crippen molar-refractivity contribution >= 4 is 5.91 Å². The van der Waals surface area contributed by atoms with Crippen molar-refractivity contribution in [1.82, 2.24) is 5.32 Å². The number of hydrogen-bond acceptors (Lipinski definition) is 4. The second kappa shape index (κ2) is 7.63. The minimum Gasteiger partial charge on any atom is -0.388 e. The van der Waals surface area contributed by atoms with Crippen LogP contribution in [-0.4, -0.2) is 50.1 Å². The Morgan fingerprint density at radius 1 is 1.29 bits per heavy atom. The summed E-state index contributed by atoms with van der Waals surface area (Å²) in [6.45, 7) is 1.25. The minimum atomic E-state index is -0.708. The molecule has 2 N–H and O–H groups in total. The van der Waals surface area contributed by atoms with Crippen molar-refractivity contribution in [3.63, 3.8) is 0 Å². The number of ether oxygens (including phenoxy) is 2. The van der Waals surface area contributed by atoms with Gasteiger partial charge in [0.25, 0.3) is 0 Å². The van der Waals surface area contributed by atoms with Gasteiger partial charge in [0.05, 0.1) is 18.8 Å². The Morgan fingerprint density at radius 3 is 2.65 bits per heavy atom. The van der Waals surface area contributed by atoms with Crippen LogP contribution in [0.2, 0.25) is 0 Å². The van der Waals surface area contributed by atoms with Gasteiger partial charge in [-0.25, -0.2) is 0 Å². The molecule has 0 spiro atoms. The summed E-state index contributed by atoms with van der Waals surface area (Å²) >= 11 is 0. The molecule has 1 rings (SSSR count). The Hall–Kier alpha value is -0.650. The van der Waals surface area contributed by atoms with E-state index in [1.54, 1.807) is 7.11 Å². The van der Waals surface area contributed by atoms with E-state index in [9.17, 15) is 9.90 Å². The minimum absolute atomic E-state index is 0.0272. The number of nitrogens with one attached hydrogen (secondary N) is 1. The zero-order chi connectivity index (χ0) is 12.6. The fourth-order valence-corrected chi connectivity index (χ4v) is 2.01. The highest BCUT2D eigenvalue weighted by Gasteiger charge is 2.29. The normalized spacial score (nSPS) is 18.9. The van der Waals surface area contributed by atoms with Gasteiger partial charge < -0.3 is 19.9 Å². The molecule has 1 fully saturated rings. The number of carbonyl (C=O) groups is 1. The van der Waals surface area contributed by atoms with E-state index >= 15 is 0 Å². The quantitative estimate of drug-likeness (QED) is 0.639. The highest BCUT2D eigenvalue weighted by molar-refractivity contribution is 5.77. The maximum atomic E-state index is 11.4. The largest absolute Gasteiger partial charge is 0.388 e. The second-order valence-electron chi connectivity index (χ2n) is 4.61. The number of rotatable bonds is 7. The Morgan fingerprint density at radius 2 is 2.00 bits per heavy atom. The van der Waals surface area contributed by atoms with Gasteiger partial charge in [-0.2, -0.15) is 0 Å². The summed E-state index contributed by atoms with van der Waals surface area (Å²) in [6.07, 6.45) is 4.80. The van der Waals surface area contributed by atoms with Gasteiger partial charge in [-0.3, -0.25) is 4.79 Å². The molecule has 5 heteroatoms. The standard InChI is InChI=1S/C12H23NO4/c1-16-7-8-17-9-11(14)13-10-12(15)5-3-2-4-6-12/h15H,2-10H2,1H3,(H,13,14). The lowest BCUT2D eigenvalue weighted by Crippen LogP contribution is -2.45. The van der Waals surface area contributed by atoms with Crippen LogP contribution in [0.15, 0.2) is 0 Å². The third kappa shape index (κ3) is 6.00. The van der Waals surface area contributed by atoms with E-state index < -0.39 is 5.60 Å². The fourth-order valence-electron chi connectivity index (χ4n) is 2.01.